The van der Waals surface area contributed by atoms with Crippen molar-refractivity contribution >= 4 is 32.8 Å². The molecule has 0 amide bonds. The monoisotopic (exact) mass is 451 g/mol. The number of esters is 1. The van der Waals surface area contributed by atoms with Crippen LogP contribution < -0.4 is 9.47 Å². The van der Waals surface area contributed by atoms with E-state index >= 15 is 0 Å². The molecule has 0 unspecified atom stereocenters. The van der Waals surface area contributed by atoms with Crippen molar-refractivity contribution in [3.8, 4) is 11.5 Å². The molecule has 1 aliphatic heterocycles. The summed E-state index contributed by atoms with van der Waals surface area (Å²) in [7, 11) is -2.23. The van der Waals surface area contributed by atoms with E-state index in [1.165, 1.54) is 29.6 Å². The smallest absolute Gasteiger partial charge is 0.336 e. The van der Waals surface area contributed by atoms with Gasteiger partial charge in [-0.3, -0.25) is 0 Å². The molecule has 0 radical (unpaired) electrons. The number of ether oxygens (including phenoxy) is 2. The summed E-state index contributed by atoms with van der Waals surface area (Å²) < 4.78 is 38.5. The second-order valence-electron chi connectivity index (χ2n) is 7.64. The molecule has 32 heavy (non-hydrogen) atoms. The lowest BCUT2D eigenvalue weighted by molar-refractivity contribution is -0.128. The van der Waals surface area contributed by atoms with Crippen LogP contribution in [-0.4, -0.2) is 38.9 Å². The largest absolute Gasteiger partial charge is 0.495 e. The van der Waals surface area contributed by atoms with Crippen LogP contribution in [0.4, 0.5) is 0 Å². The third-order valence-electron chi connectivity index (χ3n) is 5.47. The lowest BCUT2D eigenvalue weighted by Crippen LogP contribution is -2.35. The molecule has 0 N–H and O–H groups in total. The van der Waals surface area contributed by atoms with E-state index in [4.69, 9.17) is 9.47 Å². The maximum atomic E-state index is 13.1. The van der Waals surface area contributed by atoms with Crippen molar-refractivity contribution in [2.45, 2.75) is 24.2 Å². The Morgan fingerprint density at radius 3 is 2.44 bits per heavy atom. The Labute approximate surface area is 188 Å². The van der Waals surface area contributed by atoms with Gasteiger partial charge in [-0.25, -0.2) is 13.2 Å². The van der Waals surface area contributed by atoms with E-state index in [1.807, 2.05) is 30.3 Å². The molecule has 1 heterocycles. The van der Waals surface area contributed by atoms with E-state index in [1.54, 1.807) is 24.3 Å². The summed E-state index contributed by atoms with van der Waals surface area (Å²) in [5, 5.41) is 2.04. The van der Waals surface area contributed by atoms with Crippen LogP contribution in [0.5, 0.6) is 11.5 Å². The molecule has 1 fully saturated rings. The van der Waals surface area contributed by atoms with Crippen LogP contribution in [0.3, 0.4) is 0 Å². The number of sulfonamides is 1. The summed E-state index contributed by atoms with van der Waals surface area (Å²) in [6.07, 6.45) is 5.56. The molecule has 0 saturated carbocycles. The average molecular weight is 452 g/mol. The van der Waals surface area contributed by atoms with Gasteiger partial charge in [0.1, 0.15) is 16.4 Å². The van der Waals surface area contributed by atoms with E-state index in [-0.39, 0.29) is 10.6 Å². The summed E-state index contributed by atoms with van der Waals surface area (Å²) >= 11 is 0. The summed E-state index contributed by atoms with van der Waals surface area (Å²) in [5.41, 5.74) is 0.567. The van der Waals surface area contributed by atoms with Gasteiger partial charge in [0, 0.05) is 19.2 Å². The molecule has 1 saturated heterocycles. The third kappa shape index (κ3) is 4.84. The van der Waals surface area contributed by atoms with Gasteiger partial charge in [0.25, 0.3) is 0 Å². The zero-order valence-electron chi connectivity index (χ0n) is 17.9. The number of hydrogen-bond acceptors (Lipinski definition) is 5. The van der Waals surface area contributed by atoms with Crippen molar-refractivity contribution in [2.75, 3.05) is 20.2 Å². The summed E-state index contributed by atoms with van der Waals surface area (Å²) in [5.74, 6) is 0.185. The first kappa shape index (κ1) is 22.0. The van der Waals surface area contributed by atoms with E-state index in [0.717, 1.165) is 30.0 Å². The predicted octanol–water partition coefficient (Wildman–Crippen LogP) is 4.64. The number of methoxy groups -OCH3 is 1. The first-order valence-corrected chi connectivity index (χ1v) is 12.0. The Morgan fingerprint density at radius 1 is 0.938 bits per heavy atom. The second-order valence-corrected chi connectivity index (χ2v) is 9.54. The fraction of sp³-hybridized carbons (Fsp3) is 0.240. The van der Waals surface area contributed by atoms with Gasteiger partial charge in [0.05, 0.1) is 7.11 Å². The highest BCUT2D eigenvalue weighted by Crippen LogP contribution is 2.30. The topological polar surface area (TPSA) is 72.9 Å². The molecule has 0 aliphatic carbocycles. The Morgan fingerprint density at radius 2 is 1.69 bits per heavy atom. The molecule has 4 rings (SSSR count). The van der Waals surface area contributed by atoms with Crippen molar-refractivity contribution in [2.24, 2.45) is 0 Å². The summed E-state index contributed by atoms with van der Waals surface area (Å²) in [4.78, 5) is 12.4. The van der Waals surface area contributed by atoms with E-state index in [9.17, 15) is 13.2 Å². The fourth-order valence-electron chi connectivity index (χ4n) is 3.79. The number of piperidine rings is 1. The molecule has 166 valence electrons. The fourth-order valence-corrected chi connectivity index (χ4v) is 5.50. The lowest BCUT2D eigenvalue weighted by atomic mass is 10.1. The number of carbonyl (C=O) groups excluding carboxylic acids is 1. The molecule has 0 spiro atoms. The standard InChI is InChI=1S/C25H25NO5S/c1-30-23-13-9-19(17-24(23)32(28,29)26-15-5-2-6-16-26)10-14-25(27)31-22-12-11-20-7-3-4-8-21(20)18-22/h3-4,7-14,17-18H,2,5-6,15-16H2,1H3. The lowest BCUT2D eigenvalue weighted by Gasteiger charge is -2.26. The van der Waals surface area contributed by atoms with Crippen LogP contribution in [0.25, 0.3) is 16.8 Å². The number of fused-ring (bicyclic) bond motifs is 1. The zero-order valence-corrected chi connectivity index (χ0v) is 18.7. The van der Waals surface area contributed by atoms with E-state index in [0.29, 0.717) is 24.4 Å². The molecule has 3 aromatic rings. The van der Waals surface area contributed by atoms with Crippen molar-refractivity contribution in [1.82, 2.24) is 4.31 Å². The minimum absolute atomic E-state index is 0.104. The third-order valence-corrected chi connectivity index (χ3v) is 7.39. The molecular weight excluding hydrogens is 426 g/mol. The van der Waals surface area contributed by atoms with E-state index < -0.39 is 16.0 Å². The Bertz CT molecular complexity index is 1260. The average Bonchev–Trinajstić information content (AvgIpc) is 2.83. The van der Waals surface area contributed by atoms with Gasteiger partial charge >= 0.3 is 5.97 Å². The predicted molar refractivity (Wildman–Crippen MR) is 124 cm³/mol. The maximum absolute atomic E-state index is 13.1. The maximum Gasteiger partial charge on any atom is 0.336 e. The van der Waals surface area contributed by atoms with Crippen LogP contribution in [0.15, 0.2) is 71.6 Å². The summed E-state index contributed by atoms with van der Waals surface area (Å²) in [6, 6.07) is 18.1. The molecule has 0 aromatic heterocycles. The van der Waals surface area contributed by atoms with Crippen molar-refractivity contribution in [3.05, 3.63) is 72.3 Å². The van der Waals surface area contributed by atoms with Gasteiger partial charge in [0.15, 0.2) is 0 Å². The quantitative estimate of drug-likeness (QED) is 0.310. The van der Waals surface area contributed by atoms with Gasteiger partial charge in [-0.05, 0) is 59.5 Å². The summed E-state index contributed by atoms with van der Waals surface area (Å²) in [6.45, 7) is 1.01. The highest BCUT2D eigenvalue weighted by molar-refractivity contribution is 7.89. The Kier molecular flexibility index (Phi) is 6.58. The molecule has 3 aromatic carbocycles. The van der Waals surface area contributed by atoms with Crippen LogP contribution in [0.2, 0.25) is 0 Å². The minimum Gasteiger partial charge on any atom is -0.495 e. The first-order valence-electron chi connectivity index (χ1n) is 10.5. The molecule has 0 bridgehead atoms. The van der Waals surface area contributed by atoms with Crippen molar-refractivity contribution in [3.63, 3.8) is 0 Å². The van der Waals surface area contributed by atoms with Crippen LogP contribution in [-0.2, 0) is 14.8 Å². The van der Waals surface area contributed by atoms with Crippen molar-refractivity contribution < 1.29 is 22.7 Å². The van der Waals surface area contributed by atoms with E-state index in [2.05, 4.69) is 0 Å². The Balaban J connectivity index is 1.53. The van der Waals surface area contributed by atoms with Gasteiger partial charge in [0.2, 0.25) is 10.0 Å². The Hall–Kier alpha value is -3.16. The second kappa shape index (κ2) is 9.54. The minimum atomic E-state index is -3.68. The van der Waals surface area contributed by atoms with Gasteiger partial charge in [-0.2, -0.15) is 4.31 Å². The number of rotatable bonds is 6. The SMILES string of the molecule is COc1ccc(C=CC(=O)Oc2ccc3ccccc3c2)cc1S(=O)(=O)N1CCCCC1. The molecule has 6 nitrogen and oxygen atoms in total. The van der Waals surface area contributed by atoms with Crippen molar-refractivity contribution in [1.29, 1.82) is 0 Å². The normalized spacial score (nSPS) is 15.2. The zero-order chi connectivity index (χ0) is 22.6. The van der Waals surface area contributed by atoms with Gasteiger partial charge in [-0.15, -0.1) is 0 Å². The van der Waals surface area contributed by atoms with Crippen LogP contribution >= 0.6 is 0 Å². The number of carbonyl (C=O) groups is 1. The molecule has 7 heteroatoms. The van der Waals surface area contributed by atoms with Gasteiger partial charge in [-0.1, -0.05) is 42.8 Å². The molecular formula is C25H25NO5S. The first-order chi connectivity index (χ1) is 15.5. The van der Waals surface area contributed by atoms with Gasteiger partial charge < -0.3 is 9.47 Å². The number of nitrogens with zero attached hydrogens (tertiary/aromatic N) is 1. The molecule has 1 aliphatic rings. The number of hydrogen-bond donors (Lipinski definition) is 0. The number of benzene rings is 3. The highest BCUT2D eigenvalue weighted by Gasteiger charge is 2.29. The van der Waals surface area contributed by atoms with Crippen LogP contribution in [0, 0.1) is 0 Å². The molecule has 0 atom stereocenters. The highest BCUT2D eigenvalue weighted by atomic mass is 32.2. The van der Waals surface area contributed by atoms with Crippen LogP contribution in [0.1, 0.15) is 24.8 Å².